The fourth-order valence-electron chi connectivity index (χ4n) is 9.38. The molecule has 0 bridgehead atoms. The van der Waals surface area contributed by atoms with Crippen LogP contribution in [0.5, 0.6) is 0 Å². The third-order valence-corrected chi connectivity index (χ3v) is 11.7. The lowest BCUT2D eigenvalue weighted by Gasteiger charge is -2.27. The third-order valence-electron chi connectivity index (χ3n) is 11.7. The van der Waals surface area contributed by atoms with Crippen LogP contribution in [0.25, 0.3) is 110 Å². The number of para-hydroxylation sites is 8. The fraction of sp³-hybridized carbons (Fsp3) is 0. The van der Waals surface area contributed by atoms with Gasteiger partial charge in [0.2, 0.25) is 0 Å². The predicted molar refractivity (Wildman–Crippen MR) is 253 cm³/mol. The van der Waals surface area contributed by atoms with Crippen LogP contribution in [0.1, 0.15) is 33.1 Å². The lowest BCUT2D eigenvalue weighted by Crippen LogP contribution is -2.17. The molecule has 62 heavy (non-hydrogen) atoms. The highest BCUT2D eigenvalue weighted by Crippen LogP contribution is 2.49. The van der Waals surface area contributed by atoms with Gasteiger partial charge in [-0.3, -0.25) is 0 Å². The van der Waals surface area contributed by atoms with Gasteiger partial charge < -0.3 is 18.3 Å². The Morgan fingerprint density at radius 1 is 0.290 bits per heavy atom. The van der Waals surface area contributed by atoms with Crippen LogP contribution in [0.3, 0.4) is 0 Å². The molecule has 0 fully saturated rings. The van der Waals surface area contributed by atoms with E-state index < -0.39 is 108 Å². The molecular formula is C56H32N6. The molecule has 13 rings (SSSR count). The maximum Gasteiger partial charge on any atom is 0.103 e. The zero-order chi connectivity index (χ0) is 55.0. The van der Waals surface area contributed by atoms with Crippen molar-refractivity contribution >= 4 is 87.2 Å². The highest BCUT2D eigenvalue weighted by atomic mass is 15.1. The average molecular weight is 805 g/mol. The summed E-state index contributed by atoms with van der Waals surface area (Å²) < 4.78 is 155. The molecule has 286 valence electrons. The van der Waals surface area contributed by atoms with Gasteiger partial charge in [-0.15, -0.1) is 0 Å². The van der Waals surface area contributed by atoms with Gasteiger partial charge in [0.1, 0.15) is 12.1 Å². The van der Waals surface area contributed by atoms with E-state index in [-0.39, 0.29) is 110 Å². The number of hydrogen-bond donors (Lipinski definition) is 0. The van der Waals surface area contributed by atoms with Gasteiger partial charge in [-0.2, -0.15) is 10.5 Å². The quantitative estimate of drug-likeness (QED) is 0.178. The van der Waals surface area contributed by atoms with E-state index in [0.29, 0.717) is 0 Å². The molecule has 0 atom stereocenters. The van der Waals surface area contributed by atoms with Gasteiger partial charge in [0.15, 0.2) is 0 Å². The van der Waals surface area contributed by atoms with E-state index in [2.05, 4.69) is 12.1 Å². The van der Waals surface area contributed by atoms with Crippen LogP contribution in [0.4, 0.5) is 0 Å². The Bertz CT molecular complexity index is 4770. The minimum absolute atomic E-state index is 0.0113. The molecule has 0 radical (unpaired) electrons. The lowest BCUT2D eigenvalue weighted by molar-refractivity contribution is 1.01. The summed E-state index contributed by atoms with van der Waals surface area (Å²) in [6.07, 6.45) is 0. The molecule has 4 heterocycles. The molecule has 6 nitrogen and oxygen atoms in total. The van der Waals surface area contributed by atoms with Crippen molar-refractivity contribution in [1.29, 1.82) is 10.5 Å². The first-order valence-corrected chi connectivity index (χ1v) is 19.4. The van der Waals surface area contributed by atoms with Crippen LogP contribution in [-0.2, 0) is 0 Å². The molecule has 0 aliphatic heterocycles. The number of aromatic nitrogens is 4. The molecule has 0 saturated heterocycles. The van der Waals surface area contributed by atoms with E-state index in [1.807, 2.05) is 0 Å². The number of benzene rings is 9. The maximum atomic E-state index is 12.1. The van der Waals surface area contributed by atoms with Crippen LogP contribution in [0, 0.1) is 22.7 Å². The molecule has 0 amide bonds. The van der Waals surface area contributed by atoms with Gasteiger partial charge in [0.25, 0.3) is 0 Å². The zero-order valence-corrected chi connectivity index (χ0v) is 31.9. The molecule has 0 aliphatic rings. The Morgan fingerprint density at radius 3 is 0.806 bits per heavy atom. The molecule has 6 heteroatoms. The van der Waals surface area contributed by atoms with E-state index in [0.717, 1.165) is 0 Å². The van der Waals surface area contributed by atoms with Gasteiger partial charge >= 0.3 is 0 Å². The SMILES string of the molecule is [2H]c1c([2H])c([2H])c2c(c1[2H])c1ccccc1n2-c1c(C#N)c(C#N)c(-n2c3ccccc3c3c([2H])c([2H])c([2H])c([2H])c32)c(-n2c3ccccc3c3c([2H])c([2H])c([2H])c([2H])c32)c1-n1c2ccccc2c2c([2H])c([2H])c([2H])c([2H])c21. The lowest BCUT2D eigenvalue weighted by atomic mass is 9.98. The van der Waals surface area contributed by atoms with E-state index >= 15 is 0 Å². The smallest absolute Gasteiger partial charge is 0.103 e. The van der Waals surface area contributed by atoms with Gasteiger partial charge in [0, 0.05) is 43.1 Å². The van der Waals surface area contributed by atoms with E-state index in [9.17, 15) is 24.2 Å². The molecule has 0 spiro atoms. The van der Waals surface area contributed by atoms with Crippen LogP contribution in [0.15, 0.2) is 194 Å². The van der Waals surface area contributed by atoms with Gasteiger partial charge in [-0.05, 0) is 48.4 Å². The van der Waals surface area contributed by atoms with Crippen molar-refractivity contribution in [3.05, 3.63) is 205 Å². The van der Waals surface area contributed by atoms with Crippen molar-refractivity contribution in [1.82, 2.24) is 18.3 Å². The number of fused-ring (bicyclic) bond motifs is 12. The van der Waals surface area contributed by atoms with Crippen molar-refractivity contribution in [2.45, 2.75) is 0 Å². The Labute approximate surface area is 377 Å². The minimum atomic E-state index is -0.663. The van der Waals surface area contributed by atoms with E-state index in [1.54, 1.807) is 97.1 Å². The summed E-state index contributed by atoms with van der Waals surface area (Å²) in [7, 11) is 0. The van der Waals surface area contributed by atoms with Crippen LogP contribution < -0.4 is 0 Å². The summed E-state index contributed by atoms with van der Waals surface area (Å²) in [5.74, 6) is 0. The molecule has 0 aliphatic carbocycles. The number of nitriles is 2. The summed E-state index contributed by atoms with van der Waals surface area (Å²) >= 11 is 0. The maximum absolute atomic E-state index is 12.1. The zero-order valence-electron chi connectivity index (χ0n) is 47.9. The Morgan fingerprint density at radius 2 is 0.532 bits per heavy atom. The topological polar surface area (TPSA) is 67.3 Å². The molecule has 0 unspecified atom stereocenters. The number of hydrogen-bond acceptors (Lipinski definition) is 2. The first-order valence-electron chi connectivity index (χ1n) is 27.4. The second-order valence-corrected chi connectivity index (χ2v) is 14.7. The summed E-state index contributed by atoms with van der Waals surface area (Å²) in [6.45, 7) is 0. The first-order chi connectivity index (χ1) is 37.4. The molecule has 0 N–H and O–H groups in total. The van der Waals surface area contributed by atoms with Gasteiger partial charge in [-0.25, -0.2) is 0 Å². The van der Waals surface area contributed by atoms with Crippen LogP contribution >= 0.6 is 0 Å². The molecule has 13 aromatic rings. The first kappa shape index (κ1) is 22.0. The second-order valence-electron chi connectivity index (χ2n) is 14.7. The molecule has 9 aromatic carbocycles. The molecule has 4 aromatic heterocycles. The Hall–Kier alpha value is -8.84. The van der Waals surface area contributed by atoms with Crippen molar-refractivity contribution in [3.63, 3.8) is 0 Å². The van der Waals surface area contributed by atoms with Crippen molar-refractivity contribution in [3.8, 4) is 34.9 Å². The normalized spacial score (nSPS) is 15.5. The summed E-state index contributed by atoms with van der Waals surface area (Å²) in [4.78, 5) is 0. The van der Waals surface area contributed by atoms with Crippen molar-refractivity contribution in [2.75, 3.05) is 0 Å². The van der Waals surface area contributed by atoms with Gasteiger partial charge in [-0.1, -0.05) is 145 Å². The number of nitrogens with zero attached hydrogens (tertiary/aromatic N) is 6. The Balaban J connectivity index is 1.49. The van der Waals surface area contributed by atoms with Gasteiger partial charge in [0.05, 0.1) is 99.9 Å². The Kier molecular flexibility index (Phi) is 4.54. The minimum Gasteiger partial charge on any atom is -0.306 e. The molecule has 0 saturated carbocycles. The summed E-state index contributed by atoms with van der Waals surface area (Å²) in [5, 5.41) is 25.4. The standard InChI is InChI=1S/C56H32N6/c57-33-43-44(34-58)54(60-47-27-11-3-19-37(47)38-20-4-12-28-48(38)60)56(62-51-31-15-7-23-41(51)42-24-8-16-32-52(42)62)55(61-49-29-13-5-21-39(49)40-22-6-14-30-50(40)61)53(43)59-45-25-9-1-17-35(45)36-18-2-10-26-46(36)59/h1-32H/i1D,3D,5D,7D,9D,11D,13D,15D,17D,19D,21D,23D,25D,27D,29D,31D. The summed E-state index contributed by atoms with van der Waals surface area (Å²) in [5.41, 5.74) is -1.81. The highest BCUT2D eigenvalue weighted by Gasteiger charge is 2.34. The third kappa shape index (κ3) is 4.39. The van der Waals surface area contributed by atoms with Crippen LogP contribution in [0.2, 0.25) is 0 Å². The monoisotopic (exact) mass is 804 g/mol. The average Bonchev–Trinajstić information content (AvgIpc) is 3.63. The number of rotatable bonds is 4. The summed E-state index contributed by atoms with van der Waals surface area (Å²) in [6, 6.07) is 21.9. The van der Waals surface area contributed by atoms with E-state index in [1.165, 1.54) is 18.3 Å². The highest BCUT2D eigenvalue weighted by molar-refractivity contribution is 6.16. The second kappa shape index (κ2) is 12.8. The van der Waals surface area contributed by atoms with Crippen molar-refractivity contribution < 1.29 is 21.9 Å². The van der Waals surface area contributed by atoms with Crippen LogP contribution in [-0.4, -0.2) is 18.3 Å². The fourth-order valence-corrected chi connectivity index (χ4v) is 9.38. The molecular weight excluding hydrogens is 757 g/mol. The van der Waals surface area contributed by atoms with Crippen molar-refractivity contribution in [2.24, 2.45) is 0 Å². The predicted octanol–water partition coefficient (Wildman–Crippen LogP) is 13.8. The largest absolute Gasteiger partial charge is 0.306 e. The van der Waals surface area contributed by atoms with E-state index in [4.69, 9.17) is 8.22 Å².